The van der Waals surface area contributed by atoms with Crippen LogP contribution >= 0.6 is 0 Å². The quantitative estimate of drug-likeness (QED) is 0.379. The Bertz CT molecular complexity index is 1260. The summed E-state index contributed by atoms with van der Waals surface area (Å²) in [4.78, 5) is 15.8. The standard InChI is InChI=1S/C27H26F3NO4/c1-3-5-24-31-23(16(2)35-24)10-11-34-21-13-18-8-9-19(14-25(32)33)26(18)22(15-21)17-6-4-7-20(12-17)27(28,29)30/h3-7,12-13,15,19H,8-11,14H2,1-2H3,(H,32,33)/b5-3+. The Morgan fingerprint density at radius 1 is 1.29 bits per heavy atom. The molecule has 0 saturated carbocycles. The second-order valence-electron chi connectivity index (χ2n) is 8.61. The van der Waals surface area contributed by atoms with Crippen molar-refractivity contribution in [2.24, 2.45) is 0 Å². The molecule has 0 spiro atoms. The Hall–Kier alpha value is -3.55. The van der Waals surface area contributed by atoms with Gasteiger partial charge in [-0.2, -0.15) is 13.2 Å². The highest BCUT2D eigenvalue weighted by molar-refractivity contribution is 5.75. The largest absolute Gasteiger partial charge is 0.493 e. The van der Waals surface area contributed by atoms with Crippen LogP contribution in [-0.4, -0.2) is 22.7 Å². The predicted octanol–water partition coefficient (Wildman–Crippen LogP) is 6.83. The van der Waals surface area contributed by atoms with E-state index in [2.05, 4.69) is 4.98 Å². The molecule has 0 aliphatic heterocycles. The number of aliphatic carboxylic acids is 1. The molecular formula is C27H26F3NO4. The number of oxazole rings is 1. The van der Waals surface area contributed by atoms with E-state index in [1.807, 2.05) is 26.0 Å². The van der Waals surface area contributed by atoms with E-state index < -0.39 is 17.7 Å². The fraction of sp³-hybridized carbons (Fsp3) is 0.333. The lowest BCUT2D eigenvalue weighted by Gasteiger charge is -2.18. The van der Waals surface area contributed by atoms with Gasteiger partial charge in [-0.25, -0.2) is 4.98 Å². The van der Waals surface area contributed by atoms with Crippen LogP contribution in [0.5, 0.6) is 5.75 Å². The van der Waals surface area contributed by atoms with Crippen LogP contribution in [-0.2, 0) is 23.8 Å². The topological polar surface area (TPSA) is 72.6 Å². The van der Waals surface area contributed by atoms with Crippen molar-refractivity contribution in [1.82, 2.24) is 4.98 Å². The van der Waals surface area contributed by atoms with E-state index in [-0.39, 0.29) is 12.3 Å². The smallest absolute Gasteiger partial charge is 0.416 e. The van der Waals surface area contributed by atoms with E-state index in [0.717, 1.165) is 29.0 Å². The molecule has 8 heteroatoms. The molecule has 1 N–H and O–H groups in total. The van der Waals surface area contributed by atoms with Crippen molar-refractivity contribution in [2.75, 3.05) is 6.61 Å². The fourth-order valence-corrected chi connectivity index (χ4v) is 4.61. The molecule has 2 aromatic carbocycles. The maximum absolute atomic E-state index is 13.4. The van der Waals surface area contributed by atoms with E-state index in [4.69, 9.17) is 9.15 Å². The molecule has 0 saturated heterocycles. The minimum atomic E-state index is -4.48. The molecule has 1 unspecified atom stereocenters. The van der Waals surface area contributed by atoms with Gasteiger partial charge in [-0.05, 0) is 85.2 Å². The van der Waals surface area contributed by atoms with Gasteiger partial charge in [-0.15, -0.1) is 0 Å². The van der Waals surface area contributed by atoms with Gasteiger partial charge in [0.05, 0.1) is 24.3 Å². The third-order valence-electron chi connectivity index (χ3n) is 6.16. The number of ether oxygens (including phenoxy) is 1. The maximum atomic E-state index is 13.4. The molecule has 0 amide bonds. The summed E-state index contributed by atoms with van der Waals surface area (Å²) in [6, 6.07) is 8.71. The number of rotatable bonds is 8. The number of alkyl halides is 3. The average Bonchev–Trinajstić information content (AvgIpc) is 3.35. The summed E-state index contributed by atoms with van der Waals surface area (Å²) in [5.41, 5.74) is 2.71. The number of hydrogen-bond acceptors (Lipinski definition) is 4. The van der Waals surface area contributed by atoms with Crippen molar-refractivity contribution in [3.63, 3.8) is 0 Å². The zero-order valence-corrected chi connectivity index (χ0v) is 19.5. The first-order chi connectivity index (χ1) is 16.7. The van der Waals surface area contributed by atoms with Crippen LogP contribution in [0, 0.1) is 6.92 Å². The summed E-state index contributed by atoms with van der Waals surface area (Å²) in [7, 11) is 0. The van der Waals surface area contributed by atoms with E-state index >= 15 is 0 Å². The van der Waals surface area contributed by atoms with Crippen molar-refractivity contribution in [1.29, 1.82) is 0 Å². The van der Waals surface area contributed by atoms with Gasteiger partial charge in [-0.3, -0.25) is 4.79 Å². The number of fused-ring (bicyclic) bond motifs is 1. The van der Waals surface area contributed by atoms with Gasteiger partial charge in [0.1, 0.15) is 11.5 Å². The number of halogens is 3. The predicted molar refractivity (Wildman–Crippen MR) is 125 cm³/mol. The number of nitrogens with zero attached hydrogens (tertiary/aromatic N) is 1. The third-order valence-corrected chi connectivity index (χ3v) is 6.16. The number of hydrogen-bond donors (Lipinski definition) is 1. The summed E-state index contributed by atoms with van der Waals surface area (Å²) >= 11 is 0. The summed E-state index contributed by atoms with van der Waals surface area (Å²) in [5, 5.41) is 9.36. The minimum absolute atomic E-state index is 0.0703. The van der Waals surface area contributed by atoms with E-state index in [9.17, 15) is 23.1 Å². The number of allylic oxidation sites excluding steroid dienone is 1. The highest BCUT2D eigenvalue weighted by Crippen LogP contribution is 2.45. The molecule has 1 atom stereocenters. The Morgan fingerprint density at radius 3 is 2.80 bits per heavy atom. The molecule has 184 valence electrons. The summed E-state index contributed by atoms with van der Waals surface area (Å²) in [5.74, 6) is 0.565. The number of aromatic nitrogens is 1. The summed E-state index contributed by atoms with van der Waals surface area (Å²) < 4.78 is 51.7. The number of aryl methyl sites for hydroxylation is 2. The van der Waals surface area contributed by atoms with Gasteiger partial charge < -0.3 is 14.3 Å². The molecular weight excluding hydrogens is 459 g/mol. The maximum Gasteiger partial charge on any atom is 0.416 e. The molecule has 3 aromatic rings. The van der Waals surface area contributed by atoms with Crippen molar-refractivity contribution in [3.8, 4) is 16.9 Å². The number of carboxylic acid groups (broad SMARTS) is 1. The second kappa shape index (κ2) is 9.98. The summed E-state index contributed by atoms with van der Waals surface area (Å²) in [6.07, 6.45) is 0.836. The third kappa shape index (κ3) is 5.58. The first-order valence-electron chi connectivity index (χ1n) is 11.4. The molecule has 0 fully saturated rings. The molecule has 4 rings (SSSR count). The number of carboxylic acids is 1. The van der Waals surface area contributed by atoms with E-state index in [1.165, 1.54) is 6.07 Å². The molecule has 5 nitrogen and oxygen atoms in total. The van der Waals surface area contributed by atoms with Crippen LogP contribution in [0.2, 0.25) is 0 Å². The van der Waals surface area contributed by atoms with Crippen LogP contribution in [0.4, 0.5) is 13.2 Å². The van der Waals surface area contributed by atoms with Crippen LogP contribution in [0.25, 0.3) is 17.2 Å². The lowest BCUT2D eigenvalue weighted by molar-refractivity contribution is -0.138. The Morgan fingerprint density at radius 2 is 2.09 bits per heavy atom. The van der Waals surface area contributed by atoms with Crippen molar-refractivity contribution >= 4 is 12.0 Å². The molecule has 1 aliphatic carbocycles. The van der Waals surface area contributed by atoms with E-state index in [0.29, 0.717) is 54.4 Å². The van der Waals surface area contributed by atoms with E-state index in [1.54, 1.807) is 18.2 Å². The van der Waals surface area contributed by atoms with Crippen LogP contribution < -0.4 is 4.74 Å². The van der Waals surface area contributed by atoms with Crippen LogP contribution in [0.3, 0.4) is 0 Å². The SMILES string of the molecule is C/C=C/c1nc(CCOc2cc3c(c(-c4cccc(C(F)(F)F)c4)c2)C(CC(=O)O)CC3)c(C)o1. The van der Waals surface area contributed by atoms with Crippen molar-refractivity contribution in [2.45, 2.75) is 51.6 Å². The monoisotopic (exact) mass is 485 g/mol. The van der Waals surface area contributed by atoms with Gasteiger partial charge in [0.25, 0.3) is 0 Å². The zero-order valence-electron chi connectivity index (χ0n) is 19.5. The van der Waals surface area contributed by atoms with Crippen molar-refractivity contribution in [3.05, 3.63) is 76.5 Å². The molecule has 0 bridgehead atoms. The van der Waals surface area contributed by atoms with Crippen LogP contribution in [0.15, 0.2) is 46.9 Å². The van der Waals surface area contributed by atoms with Gasteiger partial charge in [0.2, 0.25) is 5.89 Å². The van der Waals surface area contributed by atoms with Crippen molar-refractivity contribution < 1.29 is 32.2 Å². The average molecular weight is 486 g/mol. The summed E-state index contributed by atoms with van der Waals surface area (Å²) in [6.45, 7) is 4.01. The lowest BCUT2D eigenvalue weighted by atomic mass is 9.89. The number of benzene rings is 2. The first-order valence-corrected chi connectivity index (χ1v) is 11.4. The normalized spacial score (nSPS) is 15.5. The molecule has 35 heavy (non-hydrogen) atoms. The fourth-order valence-electron chi connectivity index (χ4n) is 4.61. The Balaban J connectivity index is 1.65. The minimum Gasteiger partial charge on any atom is -0.493 e. The second-order valence-corrected chi connectivity index (χ2v) is 8.61. The van der Waals surface area contributed by atoms with Gasteiger partial charge in [0, 0.05) is 6.42 Å². The van der Waals surface area contributed by atoms with Gasteiger partial charge in [0.15, 0.2) is 0 Å². The highest BCUT2D eigenvalue weighted by atomic mass is 19.4. The lowest BCUT2D eigenvalue weighted by Crippen LogP contribution is -2.07. The Labute approximate surface area is 201 Å². The number of carbonyl (C=O) groups is 1. The molecule has 0 radical (unpaired) electrons. The first kappa shape index (κ1) is 24.6. The Kier molecular flexibility index (Phi) is 7.00. The molecule has 1 aromatic heterocycles. The van der Waals surface area contributed by atoms with Gasteiger partial charge in [-0.1, -0.05) is 18.2 Å². The van der Waals surface area contributed by atoms with Gasteiger partial charge >= 0.3 is 12.1 Å². The zero-order chi connectivity index (χ0) is 25.2. The molecule has 1 aliphatic rings. The highest BCUT2D eigenvalue weighted by Gasteiger charge is 2.32. The van der Waals surface area contributed by atoms with Crippen LogP contribution in [0.1, 0.15) is 59.7 Å². The molecule has 1 heterocycles.